The highest BCUT2D eigenvalue weighted by atomic mass is 31.2. The summed E-state index contributed by atoms with van der Waals surface area (Å²) in [5.41, 5.74) is 0. The molecule has 0 heterocycles. The van der Waals surface area contributed by atoms with Gasteiger partial charge in [-0.15, -0.1) is 0 Å². The zero-order valence-corrected chi connectivity index (χ0v) is 43.1. The van der Waals surface area contributed by atoms with E-state index in [1.54, 1.807) is 0 Å². The van der Waals surface area contributed by atoms with Gasteiger partial charge in [-0.2, -0.15) is 0 Å². The summed E-state index contributed by atoms with van der Waals surface area (Å²) in [6.45, 7) is 5.33. The number of carbonyl (C=O) groups is 1. The zero-order chi connectivity index (χ0) is 47.6. The Morgan fingerprint density at radius 3 is 1.26 bits per heavy atom. The molecule has 0 aromatic heterocycles. The number of hydrogen-bond acceptors (Lipinski definition) is 6. The van der Waals surface area contributed by atoms with Crippen LogP contribution in [0, 0.1) is 0 Å². The number of esters is 1. The van der Waals surface area contributed by atoms with Crippen molar-refractivity contribution in [1.82, 2.24) is 0 Å². The third-order valence-corrected chi connectivity index (χ3v) is 11.3. The van der Waals surface area contributed by atoms with E-state index in [1.165, 1.54) is 51.4 Å². The highest BCUT2D eigenvalue weighted by Crippen LogP contribution is 2.43. The van der Waals surface area contributed by atoms with Crippen molar-refractivity contribution in [1.29, 1.82) is 0 Å². The minimum absolute atomic E-state index is 0.0766. The third-order valence-electron chi connectivity index (χ3n) is 10.3. The molecule has 2 atom stereocenters. The van der Waals surface area contributed by atoms with Crippen LogP contribution in [0.3, 0.4) is 0 Å². The van der Waals surface area contributed by atoms with Crippen LogP contribution >= 0.6 is 7.82 Å². The van der Waals surface area contributed by atoms with Crippen molar-refractivity contribution in [3.63, 3.8) is 0 Å². The molecule has 9 heteroatoms. The SMILES string of the molecule is CC/C=C\C/C=C\C/C=C\C/C=C\C/C=C\CCCCCCCC(=O)OC(COCCCCCCCCCCC/C=C\C/C=C\C/C=C\C/C=C\CC)COP(=O)(O)OCC[N+](C)(C)C. The molecule has 0 radical (unpaired) electrons. The Morgan fingerprint density at radius 2 is 0.846 bits per heavy atom. The minimum atomic E-state index is -4.30. The fourth-order valence-corrected chi connectivity index (χ4v) is 7.19. The predicted molar refractivity (Wildman–Crippen MR) is 279 cm³/mol. The van der Waals surface area contributed by atoms with Crippen molar-refractivity contribution in [3.8, 4) is 0 Å². The van der Waals surface area contributed by atoms with E-state index in [9.17, 15) is 14.3 Å². The number of unbranched alkanes of at least 4 members (excludes halogenated alkanes) is 14. The van der Waals surface area contributed by atoms with Gasteiger partial charge in [0, 0.05) is 13.0 Å². The van der Waals surface area contributed by atoms with Gasteiger partial charge in [-0.3, -0.25) is 13.8 Å². The van der Waals surface area contributed by atoms with Crippen LogP contribution in [0.2, 0.25) is 0 Å². The first-order valence-corrected chi connectivity index (χ1v) is 27.1. The lowest BCUT2D eigenvalue weighted by atomic mass is 10.1. The molecule has 0 bridgehead atoms. The van der Waals surface area contributed by atoms with E-state index in [0.717, 1.165) is 109 Å². The van der Waals surface area contributed by atoms with E-state index in [4.69, 9.17) is 18.5 Å². The molecule has 2 unspecified atom stereocenters. The van der Waals surface area contributed by atoms with Crippen molar-refractivity contribution < 1.29 is 37.3 Å². The Kier molecular flexibility index (Phi) is 45.6. The van der Waals surface area contributed by atoms with E-state index >= 15 is 0 Å². The van der Waals surface area contributed by atoms with Gasteiger partial charge in [0.15, 0.2) is 0 Å². The summed E-state index contributed by atoms with van der Waals surface area (Å²) in [5, 5.41) is 0. The van der Waals surface area contributed by atoms with Gasteiger partial charge in [-0.05, 0) is 96.3 Å². The zero-order valence-electron chi connectivity index (χ0n) is 42.2. The van der Waals surface area contributed by atoms with Crippen LogP contribution in [0.4, 0.5) is 0 Å². The number of quaternary nitrogens is 1. The van der Waals surface area contributed by atoms with Gasteiger partial charge in [0.2, 0.25) is 0 Å². The lowest BCUT2D eigenvalue weighted by Crippen LogP contribution is -2.37. The van der Waals surface area contributed by atoms with Gasteiger partial charge in [-0.1, -0.05) is 187 Å². The number of nitrogens with zero attached hydrogens (tertiary/aromatic N) is 1. The van der Waals surface area contributed by atoms with Gasteiger partial charge < -0.3 is 18.9 Å². The summed E-state index contributed by atoms with van der Waals surface area (Å²) < 4.78 is 35.1. The van der Waals surface area contributed by atoms with Gasteiger partial charge >= 0.3 is 13.8 Å². The first-order chi connectivity index (χ1) is 31.6. The van der Waals surface area contributed by atoms with Crippen molar-refractivity contribution in [2.24, 2.45) is 0 Å². The molecule has 8 nitrogen and oxygen atoms in total. The van der Waals surface area contributed by atoms with Crippen LogP contribution in [0.5, 0.6) is 0 Å². The normalized spacial score (nSPS) is 14.5. The first kappa shape index (κ1) is 62.2. The average molecular weight is 927 g/mol. The number of carbonyl (C=O) groups excluding carboxylic acids is 1. The maximum Gasteiger partial charge on any atom is 0.472 e. The maximum atomic E-state index is 12.8. The highest BCUT2D eigenvalue weighted by Gasteiger charge is 2.26. The van der Waals surface area contributed by atoms with Crippen LogP contribution in [0.1, 0.15) is 181 Å². The lowest BCUT2D eigenvalue weighted by molar-refractivity contribution is -0.870. The molecule has 0 spiro atoms. The van der Waals surface area contributed by atoms with Crippen molar-refractivity contribution in [3.05, 3.63) is 109 Å². The van der Waals surface area contributed by atoms with Crippen molar-refractivity contribution >= 4 is 13.8 Å². The predicted octanol–water partition coefficient (Wildman–Crippen LogP) is 15.9. The average Bonchev–Trinajstić information content (AvgIpc) is 3.27. The van der Waals surface area contributed by atoms with E-state index in [2.05, 4.69) is 123 Å². The molecule has 0 saturated carbocycles. The lowest BCUT2D eigenvalue weighted by Gasteiger charge is -2.24. The second kappa shape index (κ2) is 47.6. The van der Waals surface area contributed by atoms with Gasteiger partial charge in [0.05, 0.1) is 34.4 Å². The highest BCUT2D eigenvalue weighted by molar-refractivity contribution is 7.47. The summed E-state index contributed by atoms with van der Waals surface area (Å²) in [6, 6.07) is 0. The Labute approximate surface area is 400 Å². The van der Waals surface area contributed by atoms with E-state index in [-0.39, 0.29) is 25.8 Å². The number of likely N-dealkylation sites (N-methyl/N-ethyl adjacent to an activating group) is 1. The van der Waals surface area contributed by atoms with Gasteiger partial charge in [0.1, 0.15) is 19.3 Å². The molecule has 372 valence electrons. The number of hydrogen-bond donors (Lipinski definition) is 1. The molecule has 0 fully saturated rings. The number of ether oxygens (including phenoxy) is 2. The van der Waals surface area contributed by atoms with Gasteiger partial charge in [0.25, 0.3) is 0 Å². The fourth-order valence-electron chi connectivity index (χ4n) is 6.45. The summed E-state index contributed by atoms with van der Waals surface area (Å²) in [6.07, 6.45) is 67.0. The molecule has 0 saturated heterocycles. The molecule has 0 aromatic rings. The Hall–Kier alpha value is -2.84. The Morgan fingerprint density at radius 1 is 0.477 bits per heavy atom. The molecule has 0 aromatic carbocycles. The van der Waals surface area contributed by atoms with E-state index in [1.807, 2.05) is 21.1 Å². The molecule has 0 aliphatic carbocycles. The molecule has 65 heavy (non-hydrogen) atoms. The molecule has 0 aliphatic rings. The standard InChI is InChI=1S/C56H96NO7P/c1-6-8-10-12-14-16-18-20-22-24-26-28-30-32-34-36-38-40-42-44-46-48-51-61-53-55(54-63-65(59,60)62-52-50-57(3,4)5)64-56(58)49-47-45-43-41-39-37-35-33-31-29-27-25-23-21-19-17-15-13-11-9-7-2/h8-11,14-17,20-23,26-29,33,35,55H,6-7,12-13,18-19,24-25,30-32,34,36-54H2,1-5H3/p+1/b10-8-,11-9-,16-14-,17-15-,22-20-,23-21-,28-26-,29-27-,35-33-. The van der Waals surface area contributed by atoms with Crippen molar-refractivity contribution in [2.75, 3.05) is 54.1 Å². The largest absolute Gasteiger partial charge is 0.472 e. The summed E-state index contributed by atoms with van der Waals surface area (Å²) >= 11 is 0. The smallest absolute Gasteiger partial charge is 0.457 e. The number of rotatable bonds is 46. The van der Waals surface area contributed by atoms with Crippen LogP contribution < -0.4 is 0 Å². The topological polar surface area (TPSA) is 91.3 Å². The van der Waals surface area contributed by atoms with Crippen LogP contribution in [-0.4, -0.2) is 75.6 Å². The maximum absolute atomic E-state index is 12.8. The molecular formula is C56H97NO7P+. The molecule has 0 aliphatic heterocycles. The molecular weight excluding hydrogens is 830 g/mol. The van der Waals surface area contributed by atoms with E-state index in [0.29, 0.717) is 24.1 Å². The monoisotopic (exact) mass is 927 g/mol. The van der Waals surface area contributed by atoms with Crippen LogP contribution in [-0.2, 0) is 27.9 Å². The number of phosphoric ester groups is 1. The second-order valence-electron chi connectivity index (χ2n) is 17.8. The number of allylic oxidation sites excluding steroid dienone is 18. The Bertz CT molecular complexity index is 1400. The second-order valence-corrected chi connectivity index (χ2v) is 19.2. The Balaban J connectivity index is 4.23. The fraction of sp³-hybridized carbons (Fsp3) is 0.661. The van der Waals surface area contributed by atoms with E-state index < -0.39 is 13.9 Å². The van der Waals surface area contributed by atoms with Crippen LogP contribution in [0.15, 0.2) is 109 Å². The van der Waals surface area contributed by atoms with Gasteiger partial charge in [-0.25, -0.2) is 4.57 Å². The quantitative estimate of drug-likeness (QED) is 0.0214. The summed E-state index contributed by atoms with van der Waals surface area (Å²) in [4.78, 5) is 23.0. The molecule has 0 amide bonds. The first-order valence-electron chi connectivity index (χ1n) is 25.6. The third kappa shape index (κ3) is 52.0. The minimum Gasteiger partial charge on any atom is -0.457 e. The summed E-state index contributed by atoms with van der Waals surface area (Å²) in [7, 11) is 1.63. The summed E-state index contributed by atoms with van der Waals surface area (Å²) in [5.74, 6) is -0.338. The molecule has 1 N–H and O–H groups in total. The van der Waals surface area contributed by atoms with Crippen molar-refractivity contribution in [2.45, 2.75) is 187 Å². The van der Waals surface area contributed by atoms with Crippen LogP contribution in [0.25, 0.3) is 0 Å². The number of phosphoric acid groups is 1. The molecule has 0 rings (SSSR count).